The van der Waals surface area contributed by atoms with Crippen molar-refractivity contribution in [2.75, 3.05) is 0 Å². The van der Waals surface area contributed by atoms with Gasteiger partial charge in [0.2, 0.25) is 0 Å². The van der Waals surface area contributed by atoms with Crippen LogP contribution in [0, 0.1) is 0 Å². The molecular formula is C20H25ClN2O3. The second-order valence-electron chi connectivity index (χ2n) is 7.74. The molecule has 3 rings (SSSR count). The predicted octanol–water partition coefficient (Wildman–Crippen LogP) is 5.10. The molecule has 0 spiro atoms. The number of fused-ring (bicyclic) bond motifs is 1. The van der Waals surface area contributed by atoms with E-state index in [0.717, 1.165) is 36.5 Å². The Morgan fingerprint density at radius 3 is 2.62 bits per heavy atom. The fourth-order valence-electron chi connectivity index (χ4n) is 3.16. The van der Waals surface area contributed by atoms with E-state index in [1.54, 1.807) is 12.4 Å². The first-order chi connectivity index (χ1) is 12.3. The van der Waals surface area contributed by atoms with E-state index in [4.69, 9.17) is 21.1 Å². The minimum absolute atomic E-state index is 0.100. The van der Waals surface area contributed by atoms with Crippen molar-refractivity contribution >= 4 is 28.5 Å². The van der Waals surface area contributed by atoms with E-state index in [0.29, 0.717) is 10.8 Å². The molecular weight excluding hydrogens is 352 g/mol. The number of alkyl carbamates (subject to hydrolysis) is 1. The number of aromatic nitrogens is 1. The summed E-state index contributed by atoms with van der Waals surface area (Å²) in [5.74, 6) is 0.703. The predicted molar refractivity (Wildman–Crippen MR) is 103 cm³/mol. The Kier molecular flexibility index (Phi) is 5.56. The number of nitrogens with one attached hydrogen (secondary N) is 1. The van der Waals surface area contributed by atoms with Crippen LogP contribution in [0.3, 0.4) is 0 Å². The van der Waals surface area contributed by atoms with Gasteiger partial charge in [0, 0.05) is 23.8 Å². The Morgan fingerprint density at radius 1 is 1.19 bits per heavy atom. The van der Waals surface area contributed by atoms with Crippen molar-refractivity contribution in [3.8, 4) is 5.75 Å². The fraction of sp³-hybridized carbons (Fsp3) is 0.500. The lowest BCUT2D eigenvalue weighted by molar-refractivity contribution is 0.0471. The maximum absolute atomic E-state index is 11.9. The molecule has 0 radical (unpaired) electrons. The molecule has 140 valence electrons. The van der Waals surface area contributed by atoms with Crippen LogP contribution in [0.4, 0.5) is 4.79 Å². The zero-order valence-corrected chi connectivity index (χ0v) is 16.2. The molecule has 1 heterocycles. The molecule has 1 amide bonds. The van der Waals surface area contributed by atoms with Crippen LogP contribution in [0.5, 0.6) is 5.75 Å². The van der Waals surface area contributed by atoms with Crippen LogP contribution < -0.4 is 10.1 Å². The molecule has 5 nitrogen and oxygen atoms in total. The van der Waals surface area contributed by atoms with E-state index in [2.05, 4.69) is 10.3 Å². The SMILES string of the molecule is CC(C)(C)OC(=O)N[C@H]1CC[C@@H](Oc2cc3ccncc3cc2Cl)CC1. The second kappa shape index (κ2) is 7.70. The summed E-state index contributed by atoms with van der Waals surface area (Å²) in [6.07, 6.45) is 6.75. The average Bonchev–Trinajstić information content (AvgIpc) is 2.55. The number of rotatable bonds is 3. The molecule has 0 saturated heterocycles. The third kappa shape index (κ3) is 5.01. The molecule has 1 aromatic heterocycles. The van der Waals surface area contributed by atoms with Gasteiger partial charge in [-0.3, -0.25) is 4.98 Å². The number of nitrogens with zero attached hydrogens (tertiary/aromatic N) is 1. The van der Waals surface area contributed by atoms with Gasteiger partial charge in [-0.1, -0.05) is 11.6 Å². The average molecular weight is 377 g/mol. The maximum atomic E-state index is 11.9. The van der Waals surface area contributed by atoms with Crippen molar-refractivity contribution in [2.24, 2.45) is 0 Å². The van der Waals surface area contributed by atoms with Gasteiger partial charge in [-0.05, 0) is 70.0 Å². The van der Waals surface area contributed by atoms with Gasteiger partial charge in [-0.25, -0.2) is 4.79 Å². The number of carbonyl (C=O) groups is 1. The summed E-state index contributed by atoms with van der Waals surface area (Å²) in [7, 11) is 0. The molecule has 0 atom stereocenters. The lowest BCUT2D eigenvalue weighted by Gasteiger charge is -2.30. The van der Waals surface area contributed by atoms with E-state index < -0.39 is 5.60 Å². The normalized spacial score (nSPS) is 20.6. The Labute approximate surface area is 159 Å². The summed E-state index contributed by atoms with van der Waals surface area (Å²) < 4.78 is 11.4. The highest BCUT2D eigenvalue weighted by Crippen LogP contribution is 2.32. The lowest BCUT2D eigenvalue weighted by atomic mass is 9.93. The number of halogens is 1. The smallest absolute Gasteiger partial charge is 0.407 e. The van der Waals surface area contributed by atoms with Crippen molar-refractivity contribution < 1.29 is 14.3 Å². The quantitative estimate of drug-likeness (QED) is 0.809. The van der Waals surface area contributed by atoms with Crippen molar-refractivity contribution in [3.05, 3.63) is 35.6 Å². The van der Waals surface area contributed by atoms with Crippen LogP contribution in [0.2, 0.25) is 5.02 Å². The zero-order chi connectivity index (χ0) is 18.7. The maximum Gasteiger partial charge on any atom is 0.407 e. The van der Waals surface area contributed by atoms with Crippen LogP contribution in [0.1, 0.15) is 46.5 Å². The van der Waals surface area contributed by atoms with Crippen molar-refractivity contribution in [1.29, 1.82) is 0 Å². The summed E-state index contributed by atoms with van der Waals surface area (Å²) in [6, 6.07) is 5.92. The van der Waals surface area contributed by atoms with E-state index >= 15 is 0 Å². The molecule has 1 fully saturated rings. The van der Waals surface area contributed by atoms with Crippen molar-refractivity contribution in [1.82, 2.24) is 10.3 Å². The van der Waals surface area contributed by atoms with Crippen molar-refractivity contribution in [2.45, 2.75) is 64.2 Å². The first-order valence-corrected chi connectivity index (χ1v) is 9.37. The van der Waals surface area contributed by atoms with E-state index in [1.807, 2.05) is 39.0 Å². The standard InChI is InChI=1S/C20H25ClN2O3/c1-20(2,3)26-19(24)23-15-4-6-16(7-5-15)25-18-11-13-8-9-22-12-14(13)10-17(18)21/h8-12,15-16H,4-7H2,1-3H3,(H,23,24)/t15-,16+. The van der Waals surface area contributed by atoms with E-state index in [9.17, 15) is 4.79 Å². The number of benzene rings is 1. The number of amides is 1. The molecule has 1 aromatic carbocycles. The van der Waals surface area contributed by atoms with Gasteiger partial charge in [-0.15, -0.1) is 0 Å². The van der Waals surface area contributed by atoms with Gasteiger partial charge in [0.1, 0.15) is 11.4 Å². The van der Waals surface area contributed by atoms with Crippen molar-refractivity contribution in [3.63, 3.8) is 0 Å². The number of carbonyl (C=O) groups excluding carboxylic acids is 1. The topological polar surface area (TPSA) is 60.5 Å². The molecule has 26 heavy (non-hydrogen) atoms. The van der Waals surface area contributed by atoms with Gasteiger partial charge >= 0.3 is 6.09 Å². The number of hydrogen-bond acceptors (Lipinski definition) is 4. The minimum atomic E-state index is -0.479. The van der Waals surface area contributed by atoms with E-state index in [-0.39, 0.29) is 18.2 Å². The third-order valence-corrected chi connectivity index (χ3v) is 4.68. The summed E-state index contributed by atoms with van der Waals surface area (Å²) in [5, 5.41) is 5.59. The second-order valence-corrected chi connectivity index (χ2v) is 8.15. The van der Waals surface area contributed by atoms with Crippen LogP contribution in [-0.2, 0) is 4.74 Å². The summed E-state index contributed by atoms with van der Waals surface area (Å²) in [6.45, 7) is 5.59. The molecule has 1 aliphatic carbocycles. The molecule has 1 aliphatic rings. The van der Waals surface area contributed by atoms with Gasteiger partial charge < -0.3 is 14.8 Å². The number of ether oxygens (including phenoxy) is 2. The molecule has 1 N–H and O–H groups in total. The molecule has 1 saturated carbocycles. The molecule has 0 aliphatic heterocycles. The van der Waals surface area contributed by atoms with Gasteiger partial charge in [-0.2, -0.15) is 0 Å². The molecule has 2 aromatic rings. The van der Waals surface area contributed by atoms with Crippen LogP contribution in [0.25, 0.3) is 10.8 Å². The summed E-state index contributed by atoms with van der Waals surface area (Å²) in [5.41, 5.74) is -0.479. The largest absolute Gasteiger partial charge is 0.489 e. The summed E-state index contributed by atoms with van der Waals surface area (Å²) >= 11 is 6.36. The monoisotopic (exact) mass is 376 g/mol. The fourth-order valence-corrected chi connectivity index (χ4v) is 3.37. The molecule has 0 bridgehead atoms. The lowest BCUT2D eigenvalue weighted by Crippen LogP contribution is -2.42. The minimum Gasteiger partial charge on any atom is -0.489 e. The number of pyridine rings is 1. The van der Waals surface area contributed by atoms with Crippen LogP contribution in [0.15, 0.2) is 30.6 Å². The third-order valence-electron chi connectivity index (χ3n) is 4.38. The Bertz CT molecular complexity index is 780. The first kappa shape index (κ1) is 18.8. The van der Waals surface area contributed by atoms with Crippen LogP contribution >= 0.6 is 11.6 Å². The zero-order valence-electron chi connectivity index (χ0n) is 15.4. The highest BCUT2D eigenvalue weighted by atomic mass is 35.5. The highest BCUT2D eigenvalue weighted by Gasteiger charge is 2.26. The molecule has 6 heteroatoms. The Hall–Kier alpha value is -2.01. The molecule has 0 unspecified atom stereocenters. The highest BCUT2D eigenvalue weighted by molar-refractivity contribution is 6.32. The van der Waals surface area contributed by atoms with Gasteiger partial charge in [0.15, 0.2) is 0 Å². The Morgan fingerprint density at radius 2 is 1.92 bits per heavy atom. The van der Waals surface area contributed by atoms with E-state index in [1.165, 1.54) is 0 Å². The Balaban J connectivity index is 1.54. The summed E-state index contributed by atoms with van der Waals surface area (Å²) in [4.78, 5) is 16.0. The number of hydrogen-bond donors (Lipinski definition) is 1. The van der Waals surface area contributed by atoms with Gasteiger partial charge in [0.05, 0.1) is 11.1 Å². The van der Waals surface area contributed by atoms with Crippen LogP contribution in [-0.4, -0.2) is 28.8 Å². The first-order valence-electron chi connectivity index (χ1n) is 8.99. The van der Waals surface area contributed by atoms with Gasteiger partial charge in [0.25, 0.3) is 0 Å².